The van der Waals surface area contributed by atoms with Crippen LogP contribution in [-0.2, 0) is 6.54 Å². The Morgan fingerprint density at radius 2 is 2.06 bits per heavy atom. The van der Waals surface area contributed by atoms with Crippen molar-refractivity contribution in [3.05, 3.63) is 29.3 Å². The van der Waals surface area contributed by atoms with Gasteiger partial charge in [0.05, 0.1) is 14.2 Å². The number of aromatic nitrogens is 1. The summed E-state index contributed by atoms with van der Waals surface area (Å²) in [6.07, 6.45) is 1.77. The second-order valence-corrected chi connectivity index (χ2v) is 4.65. The lowest BCUT2D eigenvalue weighted by Crippen LogP contribution is -1.93. The fourth-order valence-electron chi connectivity index (χ4n) is 1.50. The predicted octanol–water partition coefficient (Wildman–Crippen LogP) is 2.36. The van der Waals surface area contributed by atoms with Crippen LogP contribution in [0.3, 0.4) is 0 Å². The minimum Gasteiger partial charge on any atom is -0.493 e. The maximum Gasteiger partial charge on any atom is 0.187 e. The smallest absolute Gasteiger partial charge is 0.187 e. The van der Waals surface area contributed by atoms with Crippen LogP contribution >= 0.6 is 11.3 Å². The molecular weight excluding hydrogens is 250 g/mol. The first-order chi connectivity index (χ1) is 8.76. The lowest BCUT2D eigenvalue weighted by Gasteiger charge is -2.09. The van der Waals surface area contributed by atoms with Gasteiger partial charge in [-0.1, -0.05) is 0 Å². The quantitative estimate of drug-likeness (QED) is 0.868. The largest absolute Gasteiger partial charge is 0.493 e. The molecule has 0 fully saturated rings. The van der Waals surface area contributed by atoms with Gasteiger partial charge in [0.25, 0.3) is 0 Å². The summed E-state index contributed by atoms with van der Waals surface area (Å²) in [6, 6.07) is 5.62. The van der Waals surface area contributed by atoms with Crippen molar-refractivity contribution in [1.82, 2.24) is 4.98 Å². The maximum absolute atomic E-state index is 5.55. The van der Waals surface area contributed by atoms with Gasteiger partial charge in [-0.3, -0.25) is 0 Å². The van der Waals surface area contributed by atoms with Crippen LogP contribution in [0.4, 0.5) is 10.8 Å². The molecule has 0 atom stereocenters. The van der Waals surface area contributed by atoms with Gasteiger partial charge in [-0.15, -0.1) is 11.3 Å². The number of rotatable bonds is 5. The van der Waals surface area contributed by atoms with Gasteiger partial charge in [0, 0.05) is 29.4 Å². The highest BCUT2D eigenvalue weighted by atomic mass is 32.1. The van der Waals surface area contributed by atoms with E-state index < -0.39 is 0 Å². The third kappa shape index (κ3) is 2.72. The van der Waals surface area contributed by atoms with E-state index in [0.29, 0.717) is 18.0 Å². The Hall–Kier alpha value is -1.79. The second kappa shape index (κ2) is 5.70. The van der Waals surface area contributed by atoms with Crippen LogP contribution in [0.15, 0.2) is 24.4 Å². The zero-order valence-corrected chi connectivity index (χ0v) is 11.1. The Balaban J connectivity index is 2.18. The Morgan fingerprint density at radius 3 is 2.67 bits per heavy atom. The number of nitrogens with zero attached hydrogens (tertiary/aromatic N) is 1. The molecule has 3 N–H and O–H groups in total. The second-order valence-electron chi connectivity index (χ2n) is 3.53. The van der Waals surface area contributed by atoms with E-state index in [4.69, 9.17) is 15.2 Å². The molecule has 0 saturated carbocycles. The number of benzene rings is 1. The summed E-state index contributed by atoms with van der Waals surface area (Å²) in [5, 5.41) is 4.01. The van der Waals surface area contributed by atoms with Gasteiger partial charge in [0.2, 0.25) is 0 Å². The molecule has 0 amide bonds. The van der Waals surface area contributed by atoms with E-state index in [-0.39, 0.29) is 0 Å². The first-order valence-corrected chi connectivity index (χ1v) is 6.22. The molecule has 1 heterocycles. The number of anilines is 2. The van der Waals surface area contributed by atoms with Crippen LogP contribution < -0.4 is 20.5 Å². The normalized spacial score (nSPS) is 10.2. The first-order valence-electron chi connectivity index (χ1n) is 5.40. The van der Waals surface area contributed by atoms with Gasteiger partial charge >= 0.3 is 0 Å². The number of hydrogen-bond acceptors (Lipinski definition) is 6. The van der Waals surface area contributed by atoms with Gasteiger partial charge in [-0.25, -0.2) is 4.98 Å². The summed E-state index contributed by atoms with van der Waals surface area (Å²) in [5.74, 6) is 1.38. The summed E-state index contributed by atoms with van der Waals surface area (Å²) in [6.45, 7) is 0.505. The van der Waals surface area contributed by atoms with E-state index >= 15 is 0 Å². The molecule has 2 rings (SSSR count). The Labute approximate surface area is 110 Å². The summed E-state index contributed by atoms with van der Waals surface area (Å²) in [5.41, 5.74) is 6.44. The molecule has 18 heavy (non-hydrogen) atoms. The Bertz CT molecular complexity index is 528. The van der Waals surface area contributed by atoms with E-state index in [1.54, 1.807) is 20.4 Å². The van der Waals surface area contributed by atoms with Crippen LogP contribution in [0.2, 0.25) is 0 Å². The van der Waals surface area contributed by atoms with E-state index in [1.807, 2.05) is 18.2 Å². The summed E-state index contributed by atoms with van der Waals surface area (Å²) in [4.78, 5) is 5.28. The molecular formula is C12H15N3O2S. The molecule has 0 saturated heterocycles. The van der Waals surface area contributed by atoms with Crippen molar-refractivity contribution in [2.45, 2.75) is 6.54 Å². The zero-order chi connectivity index (χ0) is 13.0. The molecule has 0 unspecified atom stereocenters. The van der Waals surface area contributed by atoms with Crippen LogP contribution in [0, 0.1) is 0 Å². The molecule has 1 aromatic carbocycles. The highest BCUT2D eigenvalue weighted by Gasteiger charge is 2.06. The van der Waals surface area contributed by atoms with Crippen molar-refractivity contribution in [2.75, 3.05) is 19.5 Å². The molecule has 0 aliphatic carbocycles. The summed E-state index contributed by atoms with van der Waals surface area (Å²) < 4.78 is 10.4. The SMILES string of the molecule is COc1ccc(Nc2ncc(CN)s2)cc1OC. The summed E-state index contributed by atoms with van der Waals surface area (Å²) in [7, 11) is 3.22. The number of nitrogens with one attached hydrogen (secondary N) is 1. The van der Waals surface area contributed by atoms with E-state index in [1.165, 1.54) is 11.3 Å². The van der Waals surface area contributed by atoms with Crippen LogP contribution in [-0.4, -0.2) is 19.2 Å². The molecule has 0 aliphatic heterocycles. The molecule has 0 spiro atoms. The fraction of sp³-hybridized carbons (Fsp3) is 0.250. The number of nitrogens with two attached hydrogens (primary N) is 1. The van der Waals surface area contributed by atoms with Gasteiger partial charge in [-0.05, 0) is 12.1 Å². The molecule has 2 aromatic rings. The average Bonchev–Trinajstić information content (AvgIpc) is 2.86. The van der Waals surface area contributed by atoms with Crippen LogP contribution in [0.1, 0.15) is 4.88 Å². The predicted molar refractivity (Wildman–Crippen MR) is 72.8 cm³/mol. The standard InChI is InChI=1S/C12H15N3O2S/c1-16-10-4-3-8(5-11(10)17-2)15-12-14-7-9(6-13)18-12/h3-5,7H,6,13H2,1-2H3,(H,14,15). The molecule has 6 heteroatoms. The average molecular weight is 265 g/mol. The minimum atomic E-state index is 0.505. The summed E-state index contributed by atoms with van der Waals surface area (Å²) >= 11 is 1.53. The highest BCUT2D eigenvalue weighted by molar-refractivity contribution is 7.15. The maximum atomic E-state index is 5.55. The number of thiazole rings is 1. The third-order valence-corrected chi connectivity index (χ3v) is 3.32. The van der Waals surface area contributed by atoms with Crippen LogP contribution in [0.5, 0.6) is 11.5 Å². The van der Waals surface area contributed by atoms with Crippen molar-refractivity contribution >= 4 is 22.2 Å². The Morgan fingerprint density at radius 1 is 1.28 bits per heavy atom. The third-order valence-electron chi connectivity index (χ3n) is 2.39. The Kier molecular flexibility index (Phi) is 4.01. The van der Waals surface area contributed by atoms with Gasteiger partial charge < -0.3 is 20.5 Å². The molecule has 0 bridgehead atoms. The van der Waals surface area contributed by atoms with Crippen molar-refractivity contribution in [3.63, 3.8) is 0 Å². The van der Waals surface area contributed by atoms with E-state index in [9.17, 15) is 0 Å². The van der Waals surface area contributed by atoms with Gasteiger partial charge in [0.15, 0.2) is 16.6 Å². The first kappa shape index (κ1) is 12.7. The fourth-order valence-corrected chi connectivity index (χ4v) is 2.21. The zero-order valence-electron chi connectivity index (χ0n) is 10.3. The minimum absolute atomic E-state index is 0.505. The van der Waals surface area contributed by atoms with Crippen molar-refractivity contribution in [2.24, 2.45) is 5.73 Å². The topological polar surface area (TPSA) is 69.4 Å². The van der Waals surface area contributed by atoms with Gasteiger partial charge in [0.1, 0.15) is 0 Å². The number of methoxy groups -OCH3 is 2. The lowest BCUT2D eigenvalue weighted by molar-refractivity contribution is 0.355. The van der Waals surface area contributed by atoms with Crippen LogP contribution in [0.25, 0.3) is 0 Å². The molecule has 5 nitrogen and oxygen atoms in total. The monoisotopic (exact) mass is 265 g/mol. The lowest BCUT2D eigenvalue weighted by atomic mass is 10.3. The van der Waals surface area contributed by atoms with E-state index in [0.717, 1.165) is 15.7 Å². The molecule has 0 radical (unpaired) electrons. The highest BCUT2D eigenvalue weighted by Crippen LogP contribution is 2.31. The molecule has 96 valence electrons. The van der Waals surface area contributed by atoms with Gasteiger partial charge in [-0.2, -0.15) is 0 Å². The van der Waals surface area contributed by atoms with Crippen molar-refractivity contribution in [3.8, 4) is 11.5 Å². The molecule has 1 aromatic heterocycles. The number of ether oxygens (including phenoxy) is 2. The van der Waals surface area contributed by atoms with E-state index in [2.05, 4.69) is 10.3 Å². The van der Waals surface area contributed by atoms with Crippen molar-refractivity contribution in [1.29, 1.82) is 0 Å². The van der Waals surface area contributed by atoms with Crippen molar-refractivity contribution < 1.29 is 9.47 Å². The number of hydrogen-bond donors (Lipinski definition) is 2. The molecule has 0 aliphatic rings.